The Balaban J connectivity index is 1.65. The summed E-state index contributed by atoms with van der Waals surface area (Å²) in [5.74, 6) is 0.750. The lowest BCUT2D eigenvalue weighted by molar-refractivity contribution is 0.226. The third-order valence-electron chi connectivity index (χ3n) is 5.21. The smallest absolute Gasteiger partial charge is 0.296 e. The second-order valence-electron chi connectivity index (χ2n) is 6.91. The van der Waals surface area contributed by atoms with Crippen molar-refractivity contribution in [3.8, 4) is 17.1 Å². The van der Waals surface area contributed by atoms with Crippen molar-refractivity contribution < 1.29 is 5.11 Å². The molecule has 2 N–H and O–H groups in total. The van der Waals surface area contributed by atoms with Crippen molar-refractivity contribution in [3.05, 3.63) is 33.9 Å². The van der Waals surface area contributed by atoms with Gasteiger partial charge in [-0.1, -0.05) is 6.92 Å². The van der Waals surface area contributed by atoms with E-state index in [2.05, 4.69) is 27.3 Å². The number of anilines is 1. The highest BCUT2D eigenvalue weighted by Crippen LogP contribution is 2.36. The molecule has 1 aromatic carbocycles. The van der Waals surface area contributed by atoms with Gasteiger partial charge in [0.1, 0.15) is 5.75 Å². The maximum absolute atomic E-state index is 12.8. The Morgan fingerprint density at radius 1 is 1.33 bits per heavy atom. The number of rotatable bonds is 4. The maximum atomic E-state index is 12.8. The molecule has 3 heterocycles. The van der Waals surface area contributed by atoms with Crippen LogP contribution in [0.5, 0.6) is 5.75 Å². The highest BCUT2D eigenvalue weighted by molar-refractivity contribution is 7.17. The van der Waals surface area contributed by atoms with Crippen molar-refractivity contribution in [3.63, 3.8) is 0 Å². The van der Waals surface area contributed by atoms with Crippen molar-refractivity contribution >= 4 is 27.2 Å². The van der Waals surface area contributed by atoms with E-state index in [1.165, 1.54) is 4.57 Å². The van der Waals surface area contributed by atoms with E-state index in [0.29, 0.717) is 11.4 Å². The summed E-state index contributed by atoms with van der Waals surface area (Å²) in [7, 11) is 1.66. The molecule has 27 heavy (non-hydrogen) atoms. The molecule has 1 aliphatic heterocycles. The molecule has 1 fully saturated rings. The normalized spacial score (nSPS) is 18.1. The summed E-state index contributed by atoms with van der Waals surface area (Å²) in [6, 6.07) is 5.77. The van der Waals surface area contributed by atoms with E-state index >= 15 is 0 Å². The van der Waals surface area contributed by atoms with Gasteiger partial charge >= 0.3 is 0 Å². The fourth-order valence-corrected chi connectivity index (χ4v) is 4.44. The molecule has 0 radical (unpaired) electrons. The van der Waals surface area contributed by atoms with Crippen molar-refractivity contribution in [1.29, 1.82) is 0 Å². The summed E-state index contributed by atoms with van der Waals surface area (Å²) in [5, 5.41) is 24.9. The van der Waals surface area contributed by atoms with E-state index in [9.17, 15) is 9.90 Å². The number of piperidine rings is 1. The van der Waals surface area contributed by atoms with Crippen LogP contribution < -0.4 is 10.9 Å². The molecule has 3 aromatic rings. The Kier molecular flexibility index (Phi) is 4.84. The number of aromatic hydroxyl groups is 1. The zero-order valence-corrected chi connectivity index (χ0v) is 16.3. The molecule has 0 spiro atoms. The Hall–Kier alpha value is -2.45. The highest BCUT2D eigenvalue weighted by atomic mass is 32.1. The van der Waals surface area contributed by atoms with Crippen molar-refractivity contribution in [2.75, 3.05) is 25.0 Å². The Morgan fingerprint density at radius 3 is 3.00 bits per heavy atom. The monoisotopic (exact) mass is 385 g/mol. The molecule has 7 nitrogen and oxygen atoms in total. The van der Waals surface area contributed by atoms with Crippen LogP contribution in [0.3, 0.4) is 0 Å². The van der Waals surface area contributed by atoms with Crippen molar-refractivity contribution in [1.82, 2.24) is 19.7 Å². The minimum atomic E-state index is -0.238. The first-order valence-corrected chi connectivity index (χ1v) is 10.1. The molecular formula is C19H23N5O2S. The molecule has 0 unspecified atom stereocenters. The number of nitrogens with zero attached hydrogens (tertiary/aromatic N) is 4. The molecule has 0 bridgehead atoms. The van der Waals surface area contributed by atoms with Crippen LogP contribution in [-0.4, -0.2) is 50.4 Å². The average molecular weight is 385 g/mol. The molecule has 0 saturated carbocycles. The Labute approximate surface area is 161 Å². The summed E-state index contributed by atoms with van der Waals surface area (Å²) in [6.45, 7) is 5.15. The number of fused-ring (bicyclic) bond motifs is 1. The van der Waals surface area contributed by atoms with E-state index in [0.717, 1.165) is 42.6 Å². The molecule has 2 aromatic heterocycles. The third-order valence-corrected chi connectivity index (χ3v) is 6.09. The molecule has 0 aliphatic carbocycles. The van der Waals surface area contributed by atoms with E-state index in [4.69, 9.17) is 0 Å². The summed E-state index contributed by atoms with van der Waals surface area (Å²) in [6.07, 6.45) is 2.12. The number of nitrogens with one attached hydrogen (secondary N) is 1. The average Bonchev–Trinajstić information content (AvgIpc) is 3.16. The standard InChI is InChI=1S/C19H23N5O2S/c1-3-24-9-4-5-12(11-24)20-17-19(26)23(2)18(22-21-17)14-6-7-15-13(16(14)25)8-10-27-15/h6-8,10,12,25H,3-5,9,11H2,1-2H3,(H,20,21)/t12-/m1/s1. The topological polar surface area (TPSA) is 83.3 Å². The van der Waals surface area contributed by atoms with Crippen LogP contribution in [0.1, 0.15) is 19.8 Å². The van der Waals surface area contributed by atoms with Gasteiger partial charge in [0.05, 0.1) is 5.56 Å². The molecular weight excluding hydrogens is 362 g/mol. The number of thiophene rings is 1. The second-order valence-corrected chi connectivity index (χ2v) is 7.85. The number of likely N-dealkylation sites (tertiary alicyclic amines) is 1. The van der Waals surface area contributed by atoms with Gasteiger partial charge in [-0.25, -0.2) is 0 Å². The van der Waals surface area contributed by atoms with Crippen molar-refractivity contribution in [2.24, 2.45) is 7.05 Å². The summed E-state index contributed by atoms with van der Waals surface area (Å²) in [5.41, 5.74) is 0.271. The molecule has 1 saturated heterocycles. The van der Waals surface area contributed by atoms with E-state index in [-0.39, 0.29) is 23.2 Å². The predicted octanol–water partition coefficient (Wildman–Crippen LogP) is 2.66. The molecule has 1 atom stereocenters. The molecule has 1 aliphatic rings. The zero-order valence-electron chi connectivity index (χ0n) is 15.5. The second kappa shape index (κ2) is 7.28. The minimum Gasteiger partial charge on any atom is -0.507 e. The molecule has 0 amide bonds. The number of phenolic OH excluding ortho intramolecular Hbond substituents is 1. The summed E-state index contributed by atoms with van der Waals surface area (Å²) >= 11 is 1.56. The SMILES string of the molecule is CCN1CCC[C@@H](Nc2nnc(-c3ccc4sccc4c3O)n(C)c2=O)C1. The van der Waals surface area contributed by atoms with Gasteiger partial charge in [0.25, 0.3) is 5.56 Å². The zero-order chi connectivity index (χ0) is 19.0. The molecule has 8 heteroatoms. The van der Waals surface area contributed by atoms with Crippen LogP contribution in [0.2, 0.25) is 0 Å². The van der Waals surface area contributed by atoms with E-state index < -0.39 is 0 Å². The van der Waals surface area contributed by atoms with Gasteiger partial charge < -0.3 is 15.3 Å². The number of benzene rings is 1. The van der Waals surface area contributed by atoms with Gasteiger partial charge in [0.2, 0.25) is 5.82 Å². The van der Waals surface area contributed by atoms with Crippen LogP contribution in [0.4, 0.5) is 5.82 Å². The first-order valence-electron chi connectivity index (χ1n) is 9.20. The van der Waals surface area contributed by atoms with Crippen LogP contribution in [-0.2, 0) is 7.05 Å². The van der Waals surface area contributed by atoms with Crippen molar-refractivity contribution in [2.45, 2.75) is 25.8 Å². The lowest BCUT2D eigenvalue weighted by Crippen LogP contribution is -2.43. The first kappa shape index (κ1) is 17.9. The third kappa shape index (κ3) is 3.30. The van der Waals surface area contributed by atoms with Gasteiger partial charge in [0.15, 0.2) is 5.82 Å². The number of phenols is 1. The van der Waals surface area contributed by atoms with Gasteiger partial charge in [-0.05, 0) is 49.5 Å². The maximum Gasteiger partial charge on any atom is 0.296 e. The quantitative estimate of drug-likeness (QED) is 0.718. The number of hydrogen-bond acceptors (Lipinski definition) is 7. The van der Waals surface area contributed by atoms with Crippen LogP contribution in [0, 0.1) is 0 Å². The van der Waals surface area contributed by atoms with E-state index in [1.54, 1.807) is 24.5 Å². The largest absolute Gasteiger partial charge is 0.507 e. The lowest BCUT2D eigenvalue weighted by atomic mass is 10.1. The van der Waals surface area contributed by atoms with Gasteiger partial charge in [-0.3, -0.25) is 9.36 Å². The Bertz CT molecular complexity index is 1030. The van der Waals surface area contributed by atoms with Crippen LogP contribution >= 0.6 is 11.3 Å². The fourth-order valence-electron chi connectivity index (χ4n) is 3.65. The Morgan fingerprint density at radius 2 is 2.19 bits per heavy atom. The number of aromatic nitrogens is 3. The highest BCUT2D eigenvalue weighted by Gasteiger charge is 2.22. The minimum absolute atomic E-state index is 0.129. The van der Waals surface area contributed by atoms with Crippen LogP contribution in [0.25, 0.3) is 21.5 Å². The fraction of sp³-hybridized carbons (Fsp3) is 0.421. The van der Waals surface area contributed by atoms with Gasteiger partial charge in [0, 0.05) is 29.7 Å². The van der Waals surface area contributed by atoms with Gasteiger partial charge in [-0.15, -0.1) is 21.5 Å². The predicted molar refractivity (Wildman–Crippen MR) is 109 cm³/mol. The summed E-state index contributed by atoms with van der Waals surface area (Å²) < 4.78 is 2.44. The van der Waals surface area contributed by atoms with Crippen LogP contribution in [0.15, 0.2) is 28.4 Å². The number of hydrogen-bond donors (Lipinski definition) is 2. The number of likely N-dealkylation sites (N-methyl/N-ethyl adjacent to an activating group) is 1. The first-order chi connectivity index (χ1) is 13.1. The van der Waals surface area contributed by atoms with Gasteiger partial charge in [-0.2, -0.15) is 0 Å². The lowest BCUT2D eigenvalue weighted by Gasteiger charge is -2.32. The molecule has 4 rings (SSSR count). The summed E-state index contributed by atoms with van der Waals surface area (Å²) in [4.78, 5) is 15.2. The molecule has 142 valence electrons. The van der Waals surface area contributed by atoms with E-state index in [1.807, 2.05) is 17.5 Å².